The minimum absolute atomic E-state index is 0.000437. The number of nitrogens with zero attached hydrogens (tertiary/aromatic N) is 4. The standard InChI is InChI=1S/C32H23F10N7O2/c33-24-16-20(31(37,38)39)8-11-25(24)43-29(50)44-26-15-19(22-3-1-2-4-23(22)28-45-47-48-46-28)7-12-27(26)49(14-13-30(34,35)36)17-18-5-9-21(10-6-18)51-32(40,41)42/h1-12,15-16H,13-14,17H2,(H2,43,44,50)(H,45,46,47,48). The highest BCUT2D eigenvalue weighted by Crippen LogP contribution is 2.38. The molecule has 0 spiro atoms. The van der Waals surface area contributed by atoms with E-state index in [0.29, 0.717) is 28.8 Å². The van der Waals surface area contributed by atoms with Gasteiger partial charge in [0, 0.05) is 18.7 Å². The molecule has 4 aromatic carbocycles. The van der Waals surface area contributed by atoms with Crippen molar-refractivity contribution in [2.45, 2.75) is 31.7 Å². The quantitative estimate of drug-likeness (QED) is 0.124. The number of urea groups is 1. The molecule has 0 unspecified atom stereocenters. The third-order valence-electron chi connectivity index (χ3n) is 7.16. The second kappa shape index (κ2) is 14.5. The van der Waals surface area contributed by atoms with Gasteiger partial charge in [-0.3, -0.25) is 0 Å². The van der Waals surface area contributed by atoms with Crippen LogP contribution in [0.1, 0.15) is 17.5 Å². The molecule has 19 heteroatoms. The number of hydrogen-bond donors (Lipinski definition) is 3. The maximum Gasteiger partial charge on any atom is 0.573 e. The largest absolute Gasteiger partial charge is 0.573 e. The van der Waals surface area contributed by atoms with Crippen LogP contribution in [0.3, 0.4) is 0 Å². The summed E-state index contributed by atoms with van der Waals surface area (Å²) >= 11 is 0. The number of halogens is 10. The van der Waals surface area contributed by atoms with Gasteiger partial charge in [0.1, 0.15) is 11.6 Å². The highest BCUT2D eigenvalue weighted by atomic mass is 19.4. The third kappa shape index (κ3) is 9.86. The zero-order valence-corrected chi connectivity index (χ0v) is 25.6. The Balaban J connectivity index is 1.54. The van der Waals surface area contributed by atoms with E-state index < -0.39 is 60.5 Å². The maximum atomic E-state index is 14.6. The normalized spacial score (nSPS) is 12.0. The number of anilines is 3. The minimum Gasteiger partial charge on any atom is -0.406 e. The summed E-state index contributed by atoms with van der Waals surface area (Å²) in [5.74, 6) is -1.72. The number of aromatic amines is 1. The molecule has 9 nitrogen and oxygen atoms in total. The van der Waals surface area contributed by atoms with Gasteiger partial charge in [0.05, 0.1) is 29.0 Å². The molecule has 0 aliphatic heterocycles. The third-order valence-corrected chi connectivity index (χ3v) is 7.16. The molecule has 0 aliphatic carbocycles. The van der Waals surface area contributed by atoms with Crippen LogP contribution in [0.15, 0.2) is 84.9 Å². The molecule has 0 aliphatic rings. The molecule has 0 bridgehead atoms. The number of amides is 2. The number of alkyl halides is 9. The average molecular weight is 728 g/mol. The van der Waals surface area contributed by atoms with Gasteiger partial charge in [-0.15, -0.1) is 18.3 Å². The van der Waals surface area contributed by atoms with E-state index in [9.17, 15) is 48.7 Å². The Hall–Kier alpha value is -5.88. The molecule has 2 amide bonds. The number of H-pyrrole nitrogens is 1. The van der Waals surface area contributed by atoms with Crippen LogP contribution in [0.2, 0.25) is 0 Å². The van der Waals surface area contributed by atoms with E-state index in [0.717, 1.165) is 12.1 Å². The Morgan fingerprint density at radius 1 is 0.804 bits per heavy atom. The monoisotopic (exact) mass is 727 g/mol. The number of tetrazole rings is 1. The van der Waals surface area contributed by atoms with Crippen molar-refractivity contribution in [3.8, 4) is 28.3 Å². The van der Waals surface area contributed by atoms with Crippen molar-refractivity contribution in [2.24, 2.45) is 0 Å². The summed E-state index contributed by atoms with van der Waals surface area (Å²) in [4.78, 5) is 14.4. The van der Waals surface area contributed by atoms with Crippen LogP contribution >= 0.6 is 0 Å². The molecule has 0 atom stereocenters. The number of carbonyl (C=O) groups excluding carboxylic acids is 1. The van der Waals surface area contributed by atoms with Gasteiger partial charge in [-0.05, 0) is 69.6 Å². The number of hydrogen-bond acceptors (Lipinski definition) is 6. The highest BCUT2D eigenvalue weighted by molar-refractivity contribution is 6.02. The summed E-state index contributed by atoms with van der Waals surface area (Å²) < 4.78 is 136. The molecule has 0 radical (unpaired) electrons. The van der Waals surface area contributed by atoms with Gasteiger partial charge in [-0.2, -0.15) is 26.3 Å². The second-order valence-electron chi connectivity index (χ2n) is 10.8. The number of aromatic nitrogens is 4. The molecule has 0 saturated carbocycles. The first kappa shape index (κ1) is 36.4. The Labute approximate surface area is 281 Å². The number of benzene rings is 4. The summed E-state index contributed by atoms with van der Waals surface area (Å²) in [5.41, 5.74) is -0.402. The van der Waals surface area contributed by atoms with Crippen LogP contribution in [0.25, 0.3) is 22.5 Å². The number of carbonyl (C=O) groups is 1. The van der Waals surface area contributed by atoms with E-state index in [1.165, 1.54) is 35.2 Å². The van der Waals surface area contributed by atoms with E-state index in [-0.39, 0.29) is 35.4 Å². The van der Waals surface area contributed by atoms with E-state index in [2.05, 4.69) is 36.0 Å². The van der Waals surface area contributed by atoms with Crippen LogP contribution in [-0.2, 0) is 12.7 Å². The molecule has 5 rings (SSSR count). The number of rotatable bonds is 10. The minimum atomic E-state index is -4.98. The van der Waals surface area contributed by atoms with Crippen LogP contribution in [-0.4, -0.2) is 45.7 Å². The molecule has 3 N–H and O–H groups in total. The predicted molar refractivity (Wildman–Crippen MR) is 164 cm³/mol. The first-order valence-corrected chi connectivity index (χ1v) is 14.5. The zero-order chi connectivity index (χ0) is 37.0. The average Bonchev–Trinajstić information content (AvgIpc) is 3.58. The molecule has 1 heterocycles. The molecular weight excluding hydrogens is 704 g/mol. The Morgan fingerprint density at radius 3 is 2.10 bits per heavy atom. The SMILES string of the molecule is O=C(Nc1ccc(C(F)(F)F)cc1F)Nc1cc(-c2ccccc2-c2nnn[nH]2)ccc1N(CCC(F)(F)F)Cc1ccc(OC(F)(F)F)cc1. The molecule has 0 saturated heterocycles. The van der Waals surface area contributed by atoms with Crippen molar-refractivity contribution in [2.75, 3.05) is 22.1 Å². The molecule has 1 aromatic heterocycles. The first-order valence-electron chi connectivity index (χ1n) is 14.5. The number of nitrogens with one attached hydrogen (secondary N) is 3. The fourth-order valence-electron chi connectivity index (χ4n) is 4.93. The molecule has 0 fully saturated rings. The first-order chi connectivity index (χ1) is 23.9. The summed E-state index contributed by atoms with van der Waals surface area (Å²) in [7, 11) is 0. The lowest BCUT2D eigenvalue weighted by atomic mass is 9.98. The summed E-state index contributed by atoms with van der Waals surface area (Å²) in [6, 6.07) is 15.6. The van der Waals surface area contributed by atoms with Crippen molar-refractivity contribution in [3.05, 3.63) is 102 Å². The van der Waals surface area contributed by atoms with Crippen molar-refractivity contribution >= 4 is 23.1 Å². The van der Waals surface area contributed by atoms with E-state index in [1.54, 1.807) is 24.3 Å². The lowest BCUT2D eigenvalue weighted by Gasteiger charge is -2.28. The van der Waals surface area contributed by atoms with Crippen molar-refractivity contribution < 1.29 is 53.4 Å². The van der Waals surface area contributed by atoms with Crippen LogP contribution in [0, 0.1) is 5.82 Å². The molecule has 51 heavy (non-hydrogen) atoms. The van der Waals surface area contributed by atoms with Gasteiger partial charge in [0.2, 0.25) is 0 Å². The molecule has 5 aromatic rings. The van der Waals surface area contributed by atoms with E-state index >= 15 is 0 Å². The Morgan fingerprint density at radius 2 is 1.49 bits per heavy atom. The summed E-state index contributed by atoms with van der Waals surface area (Å²) in [6.07, 6.45) is -15.8. The highest BCUT2D eigenvalue weighted by Gasteiger charge is 2.33. The van der Waals surface area contributed by atoms with Crippen molar-refractivity contribution in [1.29, 1.82) is 0 Å². The van der Waals surface area contributed by atoms with Crippen molar-refractivity contribution in [1.82, 2.24) is 20.6 Å². The van der Waals surface area contributed by atoms with Gasteiger partial charge < -0.3 is 20.3 Å². The number of ether oxygens (including phenoxy) is 1. The second-order valence-corrected chi connectivity index (χ2v) is 10.8. The van der Waals surface area contributed by atoms with Crippen LogP contribution in [0.4, 0.5) is 65.8 Å². The lowest BCUT2D eigenvalue weighted by molar-refractivity contribution is -0.274. The summed E-state index contributed by atoms with van der Waals surface area (Å²) in [6.45, 7) is -0.986. The van der Waals surface area contributed by atoms with E-state index in [1.807, 2.05) is 0 Å². The van der Waals surface area contributed by atoms with Gasteiger partial charge in [0.25, 0.3) is 0 Å². The molecular formula is C32H23F10N7O2. The Kier molecular flexibility index (Phi) is 10.4. The van der Waals surface area contributed by atoms with Gasteiger partial charge in [0.15, 0.2) is 5.82 Å². The fraction of sp³-hybridized carbons (Fsp3) is 0.188. The van der Waals surface area contributed by atoms with Crippen LogP contribution in [0.5, 0.6) is 5.75 Å². The van der Waals surface area contributed by atoms with E-state index in [4.69, 9.17) is 0 Å². The molecule has 268 valence electrons. The van der Waals surface area contributed by atoms with Crippen molar-refractivity contribution in [3.63, 3.8) is 0 Å². The lowest BCUT2D eigenvalue weighted by Crippen LogP contribution is -2.29. The summed E-state index contributed by atoms with van der Waals surface area (Å²) in [5, 5.41) is 18.2. The smallest absolute Gasteiger partial charge is 0.406 e. The van der Waals surface area contributed by atoms with Crippen LogP contribution < -0.4 is 20.3 Å². The Bertz CT molecular complexity index is 1960. The topological polar surface area (TPSA) is 108 Å². The maximum absolute atomic E-state index is 14.6. The fourth-order valence-corrected chi connectivity index (χ4v) is 4.93. The van der Waals surface area contributed by atoms with Gasteiger partial charge in [-0.25, -0.2) is 14.3 Å². The predicted octanol–water partition coefficient (Wildman–Crippen LogP) is 9.19. The van der Waals surface area contributed by atoms with Gasteiger partial charge >= 0.3 is 24.7 Å². The zero-order valence-electron chi connectivity index (χ0n) is 25.6. The van der Waals surface area contributed by atoms with Gasteiger partial charge in [-0.1, -0.05) is 42.5 Å².